The maximum Gasteiger partial charge on any atom is 0.183 e. The standard InChI is InChI=1S/C15H17F2N3OS/c1-9(10-2-3-10)15(21,7-20-14(22)18-8-19-20)12-5-4-11(16)6-13(12)17/h4-6,8-10,21H,2-3,7H2,1H3,(H,18,19,22). The van der Waals surface area contributed by atoms with Crippen molar-refractivity contribution in [2.24, 2.45) is 11.8 Å². The second kappa shape index (κ2) is 5.62. The Morgan fingerprint density at radius 2 is 2.18 bits per heavy atom. The average Bonchev–Trinajstić information content (AvgIpc) is 3.23. The summed E-state index contributed by atoms with van der Waals surface area (Å²) >= 11 is 4.18. The molecule has 0 spiro atoms. The lowest BCUT2D eigenvalue weighted by molar-refractivity contribution is -0.0489. The van der Waals surface area contributed by atoms with Crippen molar-refractivity contribution < 1.29 is 13.9 Å². The van der Waals surface area contributed by atoms with Gasteiger partial charge in [0.05, 0.1) is 6.54 Å². The second-order valence-corrected chi connectivity index (χ2v) is 6.29. The van der Waals surface area contributed by atoms with E-state index >= 15 is 0 Å². The fourth-order valence-electron chi connectivity index (χ4n) is 2.90. The first-order valence-corrected chi connectivity index (χ1v) is 7.61. The molecule has 1 N–H and O–H groups in total. The van der Waals surface area contributed by atoms with Gasteiger partial charge in [-0.15, -0.1) is 12.6 Å². The van der Waals surface area contributed by atoms with Crippen molar-refractivity contribution in [2.75, 3.05) is 0 Å². The Morgan fingerprint density at radius 3 is 2.73 bits per heavy atom. The molecule has 2 atom stereocenters. The highest BCUT2D eigenvalue weighted by molar-refractivity contribution is 7.80. The molecule has 1 saturated carbocycles. The molecular weight excluding hydrogens is 308 g/mol. The highest BCUT2D eigenvalue weighted by Gasteiger charge is 2.46. The van der Waals surface area contributed by atoms with Crippen LogP contribution in [0.15, 0.2) is 29.7 Å². The van der Waals surface area contributed by atoms with E-state index in [1.54, 1.807) is 0 Å². The maximum absolute atomic E-state index is 14.3. The number of nitrogens with zero attached hydrogens (tertiary/aromatic N) is 3. The van der Waals surface area contributed by atoms with E-state index < -0.39 is 17.2 Å². The van der Waals surface area contributed by atoms with Crippen LogP contribution in [0.4, 0.5) is 8.78 Å². The van der Waals surface area contributed by atoms with Crippen molar-refractivity contribution >= 4 is 12.6 Å². The van der Waals surface area contributed by atoms with E-state index in [0.29, 0.717) is 11.1 Å². The average molecular weight is 325 g/mol. The zero-order chi connectivity index (χ0) is 15.9. The molecule has 1 fully saturated rings. The van der Waals surface area contributed by atoms with Crippen LogP contribution in [0, 0.1) is 23.5 Å². The summed E-state index contributed by atoms with van der Waals surface area (Å²) in [7, 11) is 0. The van der Waals surface area contributed by atoms with Crippen LogP contribution in [0.5, 0.6) is 0 Å². The Hall–Kier alpha value is -1.47. The first-order valence-electron chi connectivity index (χ1n) is 7.16. The summed E-state index contributed by atoms with van der Waals surface area (Å²) in [5, 5.41) is 15.6. The van der Waals surface area contributed by atoms with Gasteiger partial charge in [-0.05, 0) is 30.7 Å². The largest absolute Gasteiger partial charge is 0.383 e. The number of benzene rings is 1. The van der Waals surface area contributed by atoms with Gasteiger partial charge in [0.2, 0.25) is 0 Å². The topological polar surface area (TPSA) is 50.9 Å². The van der Waals surface area contributed by atoms with Crippen LogP contribution in [0.1, 0.15) is 25.3 Å². The molecule has 3 rings (SSSR count). The zero-order valence-corrected chi connectivity index (χ0v) is 13.0. The number of rotatable bonds is 5. The third kappa shape index (κ3) is 2.75. The Morgan fingerprint density at radius 1 is 1.45 bits per heavy atom. The summed E-state index contributed by atoms with van der Waals surface area (Å²) in [6, 6.07) is 3.26. The fourth-order valence-corrected chi connectivity index (χ4v) is 3.07. The summed E-state index contributed by atoms with van der Waals surface area (Å²) in [5.41, 5.74) is -1.42. The van der Waals surface area contributed by atoms with Gasteiger partial charge in [-0.2, -0.15) is 5.10 Å². The molecular formula is C15H17F2N3OS. The Labute approximate surface area is 132 Å². The quantitative estimate of drug-likeness (QED) is 0.831. The number of aromatic nitrogens is 3. The van der Waals surface area contributed by atoms with Crippen molar-refractivity contribution in [2.45, 2.75) is 37.1 Å². The molecule has 0 aliphatic heterocycles. The van der Waals surface area contributed by atoms with Gasteiger partial charge in [-0.1, -0.05) is 13.0 Å². The van der Waals surface area contributed by atoms with Crippen LogP contribution in [-0.4, -0.2) is 19.9 Å². The molecule has 1 aliphatic rings. The molecule has 1 aromatic heterocycles. The monoisotopic (exact) mass is 325 g/mol. The Balaban J connectivity index is 2.04. The first kappa shape index (κ1) is 15.4. The van der Waals surface area contributed by atoms with Crippen LogP contribution >= 0.6 is 12.6 Å². The molecule has 0 amide bonds. The van der Waals surface area contributed by atoms with Gasteiger partial charge in [0.1, 0.15) is 23.6 Å². The first-order chi connectivity index (χ1) is 10.4. The van der Waals surface area contributed by atoms with E-state index in [1.165, 1.54) is 17.1 Å². The number of aliphatic hydroxyl groups is 1. The van der Waals surface area contributed by atoms with Crippen LogP contribution in [-0.2, 0) is 12.1 Å². The molecule has 22 heavy (non-hydrogen) atoms. The Bertz CT molecular complexity index is 689. The van der Waals surface area contributed by atoms with Crippen LogP contribution in [0.3, 0.4) is 0 Å². The second-order valence-electron chi connectivity index (χ2n) is 5.89. The van der Waals surface area contributed by atoms with E-state index in [2.05, 4.69) is 22.7 Å². The third-order valence-electron chi connectivity index (χ3n) is 4.47. The molecule has 4 nitrogen and oxygen atoms in total. The smallest absolute Gasteiger partial charge is 0.183 e. The number of hydrogen-bond donors (Lipinski definition) is 2. The summed E-state index contributed by atoms with van der Waals surface area (Å²) in [4.78, 5) is 3.90. The van der Waals surface area contributed by atoms with Crippen molar-refractivity contribution in [1.29, 1.82) is 0 Å². The highest BCUT2D eigenvalue weighted by atomic mass is 32.1. The van der Waals surface area contributed by atoms with Gasteiger partial charge in [0, 0.05) is 11.6 Å². The molecule has 1 aromatic carbocycles. The minimum Gasteiger partial charge on any atom is -0.383 e. The van der Waals surface area contributed by atoms with Crippen molar-refractivity contribution in [1.82, 2.24) is 14.8 Å². The van der Waals surface area contributed by atoms with Crippen LogP contribution in [0.25, 0.3) is 0 Å². The summed E-state index contributed by atoms with van der Waals surface area (Å²) in [6.07, 6.45) is 3.32. The third-order valence-corrected chi connectivity index (χ3v) is 4.81. The predicted octanol–water partition coefficient (Wildman–Crippen LogP) is 2.78. The van der Waals surface area contributed by atoms with E-state index in [1.807, 2.05) is 6.92 Å². The lowest BCUT2D eigenvalue weighted by Crippen LogP contribution is -2.40. The minimum atomic E-state index is -1.50. The normalized spacial score (nSPS) is 19.0. The Kier molecular flexibility index (Phi) is 3.94. The SMILES string of the molecule is CC(C1CC1)C(O)(Cn1ncnc1S)c1ccc(F)cc1F. The van der Waals surface area contributed by atoms with E-state index in [9.17, 15) is 13.9 Å². The minimum absolute atomic E-state index is 0.0199. The predicted molar refractivity (Wildman–Crippen MR) is 79.4 cm³/mol. The van der Waals surface area contributed by atoms with Gasteiger partial charge in [0.15, 0.2) is 5.16 Å². The van der Waals surface area contributed by atoms with Crippen LogP contribution in [0.2, 0.25) is 0 Å². The van der Waals surface area contributed by atoms with Gasteiger partial charge in [0.25, 0.3) is 0 Å². The molecule has 0 bridgehead atoms. The van der Waals surface area contributed by atoms with Crippen molar-refractivity contribution in [3.63, 3.8) is 0 Å². The maximum atomic E-state index is 14.3. The lowest BCUT2D eigenvalue weighted by Gasteiger charge is -2.35. The molecule has 2 unspecified atom stereocenters. The summed E-state index contributed by atoms with van der Waals surface area (Å²) in [6.45, 7) is 1.90. The van der Waals surface area contributed by atoms with Crippen molar-refractivity contribution in [3.05, 3.63) is 41.7 Å². The molecule has 0 saturated heterocycles. The van der Waals surface area contributed by atoms with Gasteiger partial charge < -0.3 is 5.11 Å². The van der Waals surface area contributed by atoms with Gasteiger partial charge in [-0.3, -0.25) is 0 Å². The molecule has 1 aliphatic carbocycles. The summed E-state index contributed by atoms with van der Waals surface area (Å²) < 4.78 is 28.9. The van der Waals surface area contributed by atoms with E-state index in [4.69, 9.17) is 0 Å². The molecule has 118 valence electrons. The lowest BCUT2D eigenvalue weighted by atomic mass is 9.79. The van der Waals surface area contributed by atoms with Crippen molar-refractivity contribution in [3.8, 4) is 0 Å². The highest BCUT2D eigenvalue weighted by Crippen LogP contribution is 2.47. The van der Waals surface area contributed by atoms with Gasteiger partial charge in [-0.25, -0.2) is 18.4 Å². The zero-order valence-electron chi connectivity index (χ0n) is 12.1. The van der Waals surface area contributed by atoms with Crippen LogP contribution < -0.4 is 0 Å². The molecule has 7 heteroatoms. The van der Waals surface area contributed by atoms with E-state index in [-0.39, 0.29) is 18.0 Å². The van der Waals surface area contributed by atoms with Gasteiger partial charge >= 0.3 is 0 Å². The van der Waals surface area contributed by atoms with E-state index in [0.717, 1.165) is 25.0 Å². The number of halogens is 2. The number of hydrogen-bond acceptors (Lipinski definition) is 4. The fraction of sp³-hybridized carbons (Fsp3) is 0.467. The molecule has 0 radical (unpaired) electrons. The number of thiol groups is 1. The molecule has 2 aromatic rings. The summed E-state index contributed by atoms with van der Waals surface area (Å²) in [5.74, 6) is -1.29. The molecule has 1 heterocycles.